The van der Waals surface area contributed by atoms with Gasteiger partial charge in [-0.3, -0.25) is 4.90 Å². The zero-order chi connectivity index (χ0) is 25.6. The average Bonchev–Trinajstić information content (AvgIpc) is 2.82. The van der Waals surface area contributed by atoms with Crippen molar-refractivity contribution in [2.45, 2.75) is 51.9 Å². The minimum Gasteiger partial charge on any atom is -0.506 e. The number of nitrogen functional groups attached to an aromatic ring is 1. The molecule has 0 saturated carbocycles. The lowest BCUT2D eigenvalue weighted by atomic mass is 9.80. The van der Waals surface area contributed by atoms with E-state index in [2.05, 4.69) is 20.8 Å². The highest BCUT2D eigenvalue weighted by Crippen LogP contribution is 2.41. The fourth-order valence-corrected chi connectivity index (χ4v) is 3.97. The first kappa shape index (κ1) is 25.4. The first-order valence-electron chi connectivity index (χ1n) is 11.7. The number of benzene rings is 3. The van der Waals surface area contributed by atoms with Crippen LogP contribution in [0.4, 0.5) is 21.9 Å². The van der Waals surface area contributed by atoms with Crippen LogP contribution in [0.2, 0.25) is 0 Å². The van der Waals surface area contributed by atoms with Gasteiger partial charge in [0.1, 0.15) is 11.5 Å². The van der Waals surface area contributed by atoms with Gasteiger partial charge in [-0.05, 0) is 53.8 Å². The Labute approximate surface area is 206 Å². The molecule has 7 nitrogen and oxygen atoms in total. The van der Waals surface area contributed by atoms with Crippen molar-refractivity contribution in [1.29, 1.82) is 5.26 Å². The Morgan fingerprint density at radius 3 is 2.31 bits per heavy atom. The van der Waals surface area contributed by atoms with Crippen molar-refractivity contribution in [1.82, 2.24) is 0 Å². The lowest BCUT2D eigenvalue weighted by Crippen LogP contribution is -2.31. The molecule has 0 atom stereocenters. The van der Waals surface area contributed by atoms with Crippen molar-refractivity contribution in [2.24, 2.45) is 5.73 Å². The maximum Gasteiger partial charge on any atom is 0.324 e. The summed E-state index contributed by atoms with van der Waals surface area (Å²) >= 11 is 0. The van der Waals surface area contributed by atoms with Crippen molar-refractivity contribution in [3.63, 3.8) is 0 Å². The molecular formula is C28H32N4O3. The molecule has 0 heterocycles. The van der Waals surface area contributed by atoms with E-state index in [9.17, 15) is 9.90 Å². The van der Waals surface area contributed by atoms with Crippen LogP contribution in [-0.2, 0) is 5.41 Å². The molecule has 35 heavy (non-hydrogen) atoms. The third kappa shape index (κ3) is 6.04. The molecule has 5 N–H and O–H groups in total. The number of phenolic OH excluding ortho intramolecular Hbond substituents is 1. The summed E-state index contributed by atoms with van der Waals surface area (Å²) in [5.41, 5.74) is 14.1. The number of anilines is 3. The minimum atomic E-state index is -0.810. The van der Waals surface area contributed by atoms with Gasteiger partial charge in [-0.2, -0.15) is 5.26 Å². The van der Waals surface area contributed by atoms with Crippen LogP contribution in [-0.4, -0.2) is 11.1 Å². The highest BCUT2D eigenvalue weighted by molar-refractivity contribution is 6.00. The van der Waals surface area contributed by atoms with Crippen molar-refractivity contribution in [3.8, 4) is 23.3 Å². The Bertz CT molecular complexity index is 1210. The van der Waals surface area contributed by atoms with Gasteiger partial charge in [0.2, 0.25) is 0 Å². The molecule has 3 aromatic rings. The second-order valence-electron chi connectivity index (χ2n) is 9.18. The summed E-state index contributed by atoms with van der Waals surface area (Å²) < 4.78 is 6.02. The second-order valence-corrected chi connectivity index (χ2v) is 9.18. The van der Waals surface area contributed by atoms with Gasteiger partial charge < -0.3 is 21.3 Å². The molecule has 182 valence electrons. The van der Waals surface area contributed by atoms with E-state index < -0.39 is 6.03 Å². The number of carbonyl (C=O) groups excluding carboxylic acids is 1. The second kappa shape index (κ2) is 10.8. The quantitative estimate of drug-likeness (QED) is 0.236. The maximum atomic E-state index is 12.3. The van der Waals surface area contributed by atoms with Gasteiger partial charge in [0.25, 0.3) is 0 Å². The number of hydrogen-bond acceptors (Lipinski definition) is 5. The van der Waals surface area contributed by atoms with Crippen LogP contribution in [0.3, 0.4) is 0 Å². The first-order chi connectivity index (χ1) is 16.7. The summed E-state index contributed by atoms with van der Waals surface area (Å²) in [5, 5.41) is 19.6. The van der Waals surface area contributed by atoms with Gasteiger partial charge in [-0.25, -0.2) is 4.79 Å². The number of urea groups is 1. The number of nitrogens with two attached hydrogens (primary N) is 2. The zero-order valence-electron chi connectivity index (χ0n) is 20.4. The van der Waals surface area contributed by atoms with Gasteiger partial charge >= 0.3 is 6.03 Å². The number of amides is 2. The molecule has 0 bridgehead atoms. The molecule has 7 heteroatoms. The molecule has 0 radical (unpaired) electrons. The highest BCUT2D eigenvalue weighted by atomic mass is 16.5. The Kier molecular flexibility index (Phi) is 7.87. The summed E-state index contributed by atoms with van der Waals surface area (Å²) in [4.78, 5) is 13.4. The zero-order valence-corrected chi connectivity index (χ0v) is 20.4. The number of nitrogens with zero attached hydrogens (tertiary/aromatic N) is 2. The van der Waals surface area contributed by atoms with E-state index in [1.54, 1.807) is 24.3 Å². The molecule has 0 aromatic heterocycles. The van der Waals surface area contributed by atoms with Crippen LogP contribution in [0.5, 0.6) is 17.2 Å². The fraction of sp³-hybridized carbons (Fsp3) is 0.286. The largest absolute Gasteiger partial charge is 0.506 e. The van der Waals surface area contributed by atoms with Crippen molar-refractivity contribution < 1.29 is 14.6 Å². The molecule has 0 fully saturated rings. The van der Waals surface area contributed by atoms with Crippen molar-refractivity contribution in [3.05, 3.63) is 71.8 Å². The number of hydrogen-bond donors (Lipinski definition) is 3. The molecule has 3 rings (SSSR count). The molecule has 0 unspecified atom stereocenters. The van der Waals surface area contributed by atoms with E-state index in [1.807, 2.05) is 30.3 Å². The van der Waals surface area contributed by atoms with Crippen LogP contribution in [0, 0.1) is 11.3 Å². The summed E-state index contributed by atoms with van der Waals surface area (Å²) in [6.45, 7) is 6.68. The SMILES string of the molecule is CCCCCC(C)(C)c1ccc(Oc2cc(N(C(N)=O)c3ccc(C#N)cc3)c(O)cc2N)cc1. The van der Waals surface area contributed by atoms with E-state index >= 15 is 0 Å². The normalized spacial score (nSPS) is 11.0. The van der Waals surface area contributed by atoms with Crippen LogP contribution in [0.1, 0.15) is 57.6 Å². The molecule has 2 amide bonds. The number of aromatic hydroxyl groups is 1. The number of primary amides is 1. The summed E-state index contributed by atoms with van der Waals surface area (Å²) in [7, 11) is 0. The first-order valence-corrected chi connectivity index (χ1v) is 11.7. The van der Waals surface area contributed by atoms with Crippen LogP contribution in [0.15, 0.2) is 60.7 Å². The van der Waals surface area contributed by atoms with Crippen LogP contribution >= 0.6 is 0 Å². The number of phenols is 1. The van der Waals surface area contributed by atoms with Crippen LogP contribution < -0.4 is 21.1 Å². The van der Waals surface area contributed by atoms with E-state index in [1.165, 1.54) is 37.0 Å². The van der Waals surface area contributed by atoms with E-state index in [0.29, 0.717) is 17.0 Å². The van der Waals surface area contributed by atoms with Crippen molar-refractivity contribution >= 4 is 23.1 Å². The molecule has 0 spiro atoms. The molecular weight excluding hydrogens is 440 g/mol. The van der Waals surface area contributed by atoms with Gasteiger partial charge in [0, 0.05) is 12.1 Å². The topological polar surface area (TPSA) is 126 Å². The fourth-order valence-electron chi connectivity index (χ4n) is 3.97. The molecule has 0 saturated heterocycles. The third-order valence-electron chi connectivity index (χ3n) is 6.09. The average molecular weight is 473 g/mol. The molecule has 0 aliphatic rings. The standard InChI is InChI=1S/C28H32N4O3/c1-4-5-6-15-28(2,3)20-9-13-22(14-10-20)35-26-17-24(25(33)16-23(26)30)32(27(31)34)21-11-7-19(18-29)8-12-21/h7-14,16-17,33H,4-6,15,30H2,1-3H3,(H2,31,34). The number of ether oxygens (including phenoxy) is 1. The van der Waals surface area contributed by atoms with E-state index in [0.717, 1.165) is 11.3 Å². The van der Waals surface area contributed by atoms with Gasteiger partial charge in [0.05, 0.1) is 28.7 Å². The Morgan fingerprint density at radius 1 is 1.09 bits per heavy atom. The predicted octanol–water partition coefficient (Wildman–Crippen LogP) is 6.71. The lowest BCUT2D eigenvalue weighted by molar-refractivity contribution is 0.256. The molecule has 0 aliphatic heterocycles. The van der Waals surface area contributed by atoms with E-state index in [4.69, 9.17) is 21.5 Å². The lowest BCUT2D eigenvalue weighted by Gasteiger charge is -2.25. The minimum absolute atomic E-state index is 0.0571. The van der Waals surface area contributed by atoms with E-state index in [-0.39, 0.29) is 28.3 Å². The summed E-state index contributed by atoms with van der Waals surface area (Å²) in [6, 6.07) is 18.1. The van der Waals surface area contributed by atoms with Gasteiger partial charge in [-0.15, -0.1) is 0 Å². The number of carbonyl (C=O) groups is 1. The Morgan fingerprint density at radius 2 is 1.74 bits per heavy atom. The maximum absolute atomic E-state index is 12.3. The Hall–Kier alpha value is -4.18. The highest BCUT2D eigenvalue weighted by Gasteiger charge is 2.22. The monoisotopic (exact) mass is 472 g/mol. The third-order valence-corrected chi connectivity index (χ3v) is 6.09. The number of rotatable bonds is 9. The summed E-state index contributed by atoms with van der Waals surface area (Å²) in [5.74, 6) is 0.611. The molecule has 0 aliphatic carbocycles. The summed E-state index contributed by atoms with van der Waals surface area (Å²) in [6.07, 6.45) is 4.70. The molecule has 3 aromatic carbocycles. The Balaban J connectivity index is 1.88. The predicted molar refractivity (Wildman–Crippen MR) is 139 cm³/mol. The number of nitriles is 1. The number of unbranched alkanes of at least 4 members (excludes halogenated alkanes) is 2. The van der Waals surface area contributed by atoms with Gasteiger partial charge in [0.15, 0.2) is 5.75 Å². The smallest absolute Gasteiger partial charge is 0.324 e. The van der Waals surface area contributed by atoms with Crippen molar-refractivity contribution in [2.75, 3.05) is 10.6 Å². The van der Waals surface area contributed by atoms with Gasteiger partial charge in [-0.1, -0.05) is 52.2 Å². The van der Waals surface area contributed by atoms with Crippen LogP contribution in [0.25, 0.3) is 0 Å².